The van der Waals surface area contributed by atoms with Crippen LogP contribution in [-0.2, 0) is 30.0 Å². The van der Waals surface area contributed by atoms with E-state index in [4.69, 9.17) is 14.2 Å². The molecule has 0 aliphatic carbocycles. The Balaban J connectivity index is 0.858. The van der Waals surface area contributed by atoms with E-state index in [2.05, 4.69) is 10.6 Å². The average Bonchev–Trinajstić information content (AvgIpc) is 3.91. The highest BCUT2D eigenvalue weighted by Crippen LogP contribution is 2.48. The summed E-state index contributed by atoms with van der Waals surface area (Å²) in [6.07, 6.45) is -4.86. The number of carbonyl (C=O) groups excluding carboxylic acids is 5. The van der Waals surface area contributed by atoms with Crippen LogP contribution in [0.2, 0.25) is 0 Å². The van der Waals surface area contributed by atoms with Gasteiger partial charge in [-0.2, -0.15) is 18.4 Å². The molecule has 61 heavy (non-hydrogen) atoms. The molecule has 3 aromatic carbocycles. The first-order valence-electron chi connectivity index (χ1n) is 19.5. The number of amides is 5. The van der Waals surface area contributed by atoms with Gasteiger partial charge in [-0.3, -0.25) is 39.1 Å². The van der Waals surface area contributed by atoms with Crippen molar-refractivity contribution in [2.75, 3.05) is 54.7 Å². The fourth-order valence-electron chi connectivity index (χ4n) is 7.66. The summed E-state index contributed by atoms with van der Waals surface area (Å²) in [5, 5.41) is 16.5. The van der Waals surface area contributed by atoms with E-state index in [-0.39, 0.29) is 36.3 Å². The van der Waals surface area contributed by atoms with Gasteiger partial charge in [0.2, 0.25) is 11.8 Å². The number of rotatable bonds is 16. The molecular formula is C43H41F3N6O8S. The summed E-state index contributed by atoms with van der Waals surface area (Å²) < 4.78 is 59.1. The summed E-state index contributed by atoms with van der Waals surface area (Å²) in [6, 6.07) is 19.5. The van der Waals surface area contributed by atoms with Crippen molar-refractivity contribution in [3.63, 3.8) is 0 Å². The first kappa shape index (κ1) is 42.8. The molecule has 4 heterocycles. The average molecular weight is 859 g/mol. The van der Waals surface area contributed by atoms with E-state index < -0.39 is 64.6 Å². The van der Waals surface area contributed by atoms with Crippen LogP contribution < -0.4 is 25.2 Å². The van der Waals surface area contributed by atoms with Crippen LogP contribution in [0.5, 0.6) is 5.75 Å². The van der Waals surface area contributed by atoms with Crippen molar-refractivity contribution in [1.29, 1.82) is 5.26 Å². The number of imide groups is 2. The normalized spacial score (nSPS) is 18.7. The lowest BCUT2D eigenvalue weighted by molar-refractivity contribution is -0.138. The van der Waals surface area contributed by atoms with Crippen molar-refractivity contribution in [3.8, 4) is 11.8 Å². The van der Waals surface area contributed by atoms with Crippen molar-refractivity contribution < 1.29 is 51.4 Å². The molecule has 2 N–H and O–H groups in total. The van der Waals surface area contributed by atoms with Crippen molar-refractivity contribution in [1.82, 2.24) is 10.2 Å². The van der Waals surface area contributed by atoms with E-state index in [9.17, 15) is 42.4 Å². The number of halogens is 3. The topological polar surface area (TPSA) is 171 Å². The Labute approximate surface area is 352 Å². The van der Waals surface area contributed by atoms with Gasteiger partial charge in [-0.1, -0.05) is 12.1 Å². The number of nitrogens with zero attached hydrogens (tertiary/aromatic N) is 4. The van der Waals surface area contributed by atoms with Crippen LogP contribution in [0, 0.1) is 11.3 Å². The second-order valence-corrected chi connectivity index (χ2v) is 15.8. The zero-order valence-electron chi connectivity index (χ0n) is 33.1. The number of hydrogen-bond acceptors (Lipinski definition) is 12. The molecule has 318 valence electrons. The Morgan fingerprint density at radius 1 is 0.885 bits per heavy atom. The minimum Gasteiger partial charge on any atom is -0.494 e. The highest BCUT2D eigenvalue weighted by atomic mass is 32.1. The van der Waals surface area contributed by atoms with Gasteiger partial charge in [0.25, 0.3) is 17.7 Å². The number of hydrogen-bond donors (Lipinski definition) is 2. The number of ether oxygens (including phenoxy) is 3. The maximum atomic E-state index is 14.0. The number of piperidine rings is 1. The third-order valence-electron chi connectivity index (χ3n) is 10.6. The van der Waals surface area contributed by atoms with E-state index in [0.717, 1.165) is 21.9 Å². The number of carbonyl (C=O) groups is 5. The van der Waals surface area contributed by atoms with Crippen LogP contribution in [0.15, 0.2) is 78.2 Å². The lowest BCUT2D eigenvalue weighted by Crippen LogP contribution is -2.54. The standard InChI is InChI=1S/C43H41F3N6O8S/c1-42(2)41(57)50(28-10-9-26(25-47)31(24-28)43(44,45)46)38(34-8-4-23-61-34)52(42)27-11-13-29(14-12-27)60-19-5-18-58-21-22-59-20-17-48-32-7-3-6-30-36(32)40(56)51(39(30)55)33-15-16-35(53)49-37(33)54/h3-4,6-14,23-24,33,38,48H,5,15-22H2,1-2H3,(H,49,53,54). The van der Waals surface area contributed by atoms with Crippen molar-refractivity contribution in [3.05, 3.63) is 105 Å². The number of nitriles is 1. The summed E-state index contributed by atoms with van der Waals surface area (Å²) in [5.41, 5.74) is -1.31. The minimum atomic E-state index is -4.79. The second-order valence-electron chi connectivity index (χ2n) is 14.9. The van der Waals surface area contributed by atoms with Gasteiger partial charge in [0.1, 0.15) is 23.5 Å². The zero-order chi connectivity index (χ0) is 43.5. The van der Waals surface area contributed by atoms with Gasteiger partial charge in [0, 0.05) is 47.9 Å². The monoisotopic (exact) mass is 858 g/mol. The SMILES string of the molecule is CC1(C)C(=O)N(c2ccc(C#N)c(C(F)(F)F)c2)C(c2cccs2)N1c1ccc(OCCCOCCOCCNc2cccc3c2C(=O)N(C2CCC(=O)NC2=O)C3=O)cc1. The molecule has 0 radical (unpaired) electrons. The molecule has 0 bridgehead atoms. The van der Waals surface area contributed by atoms with Crippen LogP contribution in [0.3, 0.4) is 0 Å². The molecule has 2 saturated heterocycles. The minimum absolute atomic E-state index is 0.0306. The molecule has 2 unspecified atom stereocenters. The third-order valence-corrected chi connectivity index (χ3v) is 11.5. The Morgan fingerprint density at radius 3 is 2.31 bits per heavy atom. The van der Waals surface area contributed by atoms with Gasteiger partial charge >= 0.3 is 6.18 Å². The predicted octanol–water partition coefficient (Wildman–Crippen LogP) is 6.28. The molecule has 18 heteroatoms. The van der Waals surface area contributed by atoms with Crippen molar-refractivity contribution in [2.45, 2.75) is 57.0 Å². The summed E-state index contributed by atoms with van der Waals surface area (Å²) in [5.74, 6) is -2.11. The zero-order valence-corrected chi connectivity index (χ0v) is 33.9. The summed E-state index contributed by atoms with van der Waals surface area (Å²) in [6.45, 7) is 5.47. The highest BCUT2D eigenvalue weighted by molar-refractivity contribution is 7.10. The van der Waals surface area contributed by atoms with Crippen molar-refractivity contribution in [2.24, 2.45) is 0 Å². The molecule has 1 aromatic heterocycles. The maximum absolute atomic E-state index is 14.0. The molecule has 3 aliphatic heterocycles. The second kappa shape index (κ2) is 17.7. The number of benzene rings is 3. The Morgan fingerprint density at radius 2 is 1.62 bits per heavy atom. The molecule has 7 rings (SSSR count). The number of anilines is 3. The van der Waals surface area contributed by atoms with Gasteiger partial charge in [0.05, 0.1) is 54.8 Å². The van der Waals surface area contributed by atoms with E-state index >= 15 is 0 Å². The molecule has 2 atom stereocenters. The largest absolute Gasteiger partial charge is 0.494 e. The number of fused-ring (bicyclic) bond motifs is 1. The number of thiophene rings is 1. The summed E-state index contributed by atoms with van der Waals surface area (Å²) in [7, 11) is 0. The van der Waals surface area contributed by atoms with Crippen LogP contribution in [0.4, 0.5) is 30.2 Å². The molecule has 0 spiro atoms. The van der Waals surface area contributed by atoms with E-state index in [1.807, 2.05) is 22.4 Å². The number of nitrogens with one attached hydrogen (secondary N) is 2. The van der Waals surface area contributed by atoms with Crippen LogP contribution >= 0.6 is 11.3 Å². The third kappa shape index (κ3) is 8.67. The van der Waals surface area contributed by atoms with E-state index in [0.29, 0.717) is 56.5 Å². The highest BCUT2D eigenvalue weighted by Gasteiger charge is 2.54. The van der Waals surface area contributed by atoms with Crippen LogP contribution in [0.1, 0.15) is 76.0 Å². The first-order valence-corrected chi connectivity index (χ1v) is 20.3. The number of alkyl halides is 3. The molecule has 5 amide bonds. The van der Waals surface area contributed by atoms with Gasteiger partial charge in [-0.25, -0.2) is 0 Å². The lowest BCUT2D eigenvalue weighted by Gasteiger charge is -2.35. The van der Waals surface area contributed by atoms with Gasteiger partial charge in [-0.05, 0) is 86.3 Å². The Hall–Kier alpha value is -6.29. The lowest BCUT2D eigenvalue weighted by atomic mass is 10.0. The Bertz CT molecular complexity index is 2370. The van der Waals surface area contributed by atoms with E-state index in [1.165, 1.54) is 28.4 Å². The van der Waals surface area contributed by atoms with E-state index in [1.54, 1.807) is 56.3 Å². The van der Waals surface area contributed by atoms with Crippen LogP contribution in [-0.4, -0.2) is 85.6 Å². The van der Waals surface area contributed by atoms with Gasteiger partial charge in [-0.15, -0.1) is 11.3 Å². The fourth-order valence-corrected chi connectivity index (χ4v) is 8.46. The molecule has 3 aliphatic rings. The predicted molar refractivity (Wildman–Crippen MR) is 217 cm³/mol. The maximum Gasteiger partial charge on any atom is 0.417 e. The summed E-state index contributed by atoms with van der Waals surface area (Å²) in [4.78, 5) is 69.2. The Kier molecular flexibility index (Phi) is 12.5. The molecular weight excluding hydrogens is 818 g/mol. The van der Waals surface area contributed by atoms with Gasteiger partial charge < -0.3 is 24.4 Å². The summed E-state index contributed by atoms with van der Waals surface area (Å²) >= 11 is 1.38. The van der Waals surface area contributed by atoms with Gasteiger partial charge in [0.15, 0.2) is 0 Å². The fraction of sp³-hybridized carbons (Fsp3) is 0.349. The molecule has 2 fully saturated rings. The smallest absolute Gasteiger partial charge is 0.417 e. The quantitative estimate of drug-likeness (QED) is 0.0960. The van der Waals surface area contributed by atoms with Crippen molar-refractivity contribution >= 4 is 57.9 Å². The van der Waals surface area contributed by atoms with Crippen LogP contribution in [0.25, 0.3) is 0 Å². The molecule has 0 saturated carbocycles. The molecule has 4 aromatic rings. The first-order chi connectivity index (χ1) is 29.2. The molecule has 14 nitrogen and oxygen atoms in total.